The molecule has 166 valence electrons. The molecule has 0 aliphatic carbocycles. The average molecular weight is 436 g/mol. The zero-order valence-electron chi connectivity index (χ0n) is 19.4. The van der Waals surface area contributed by atoms with E-state index in [0.29, 0.717) is 6.42 Å². The molecule has 3 aromatic carbocycles. The first-order valence-corrected chi connectivity index (χ1v) is 11.8. The van der Waals surface area contributed by atoms with E-state index in [0.717, 1.165) is 18.7 Å². The maximum Gasteiger partial charge on any atom is 0.223 e. The number of hydrogen-bond donors (Lipinski definition) is 1. The molecule has 1 saturated heterocycles. The lowest BCUT2D eigenvalue weighted by molar-refractivity contribution is -0.124. The molecule has 2 aliphatic rings. The van der Waals surface area contributed by atoms with Crippen LogP contribution >= 0.6 is 0 Å². The Hall–Kier alpha value is -3.53. The highest BCUT2D eigenvalue weighted by Gasteiger charge is 2.57. The van der Waals surface area contributed by atoms with E-state index in [1.54, 1.807) is 0 Å². The van der Waals surface area contributed by atoms with Crippen molar-refractivity contribution in [3.05, 3.63) is 83.9 Å². The van der Waals surface area contributed by atoms with Crippen molar-refractivity contribution in [2.75, 3.05) is 11.4 Å². The van der Waals surface area contributed by atoms with Gasteiger partial charge in [0, 0.05) is 52.4 Å². The molecule has 3 heterocycles. The molecule has 4 heteroatoms. The Kier molecular flexibility index (Phi) is 4.25. The maximum absolute atomic E-state index is 12.6. The van der Waals surface area contributed by atoms with Crippen LogP contribution in [0.4, 0.5) is 5.69 Å². The van der Waals surface area contributed by atoms with Gasteiger partial charge >= 0.3 is 0 Å². The topological polar surface area (TPSA) is 37.3 Å². The second-order valence-electron chi connectivity index (χ2n) is 9.73. The van der Waals surface area contributed by atoms with E-state index in [9.17, 15) is 4.79 Å². The van der Waals surface area contributed by atoms with Crippen LogP contribution in [-0.4, -0.2) is 22.7 Å². The van der Waals surface area contributed by atoms with Crippen molar-refractivity contribution in [3.8, 4) is 0 Å². The third-order valence-electron chi connectivity index (χ3n) is 7.77. The van der Waals surface area contributed by atoms with Crippen LogP contribution in [0.15, 0.2) is 72.8 Å². The van der Waals surface area contributed by atoms with Gasteiger partial charge in [-0.25, -0.2) is 0 Å². The van der Waals surface area contributed by atoms with Crippen LogP contribution in [0.25, 0.3) is 27.9 Å². The van der Waals surface area contributed by atoms with Gasteiger partial charge in [0.2, 0.25) is 5.91 Å². The standard InChI is InChI=1S/C29H29N3O/c1-4-31-24-11-7-5-9-21(24)22-19-20(13-14-25(22)31)15-17-29-28(2,3)23-10-6-8-12-26(23)32(29)18-16-27(33)30-29/h5-15,17,19H,4,16,18H2,1-3H3,(H,30,33)/b17-15+/t29-/m1/s1. The summed E-state index contributed by atoms with van der Waals surface area (Å²) >= 11 is 0. The molecular formula is C29H29N3O. The summed E-state index contributed by atoms with van der Waals surface area (Å²) in [4.78, 5) is 15.0. The van der Waals surface area contributed by atoms with Crippen molar-refractivity contribution >= 4 is 39.5 Å². The number of carbonyl (C=O) groups excluding carboxylic acids is 1. The summed E-state index contributed by atoms with van der Waals surface area (Å²) < 4.78 is 2.37. The molecule has 0 bridgehead atoms. The van der Waals surface area contributed by atoms with Gasteiger partial charge in [0.25, 0.3) is 0 Å². The first-order chi connectivity index (χ1) is 16.0. The van der Waals surface area contributed by atoms with E-state index < -0.39 is 5.66 Å². The molecule has 33 heavy (non-hydrogen) atoms. The summed E-state index contributed by atoms with van der Waals surface area (Å²) in [6.07, 6.45) is 4.91. The number of nitrogens with zero attached hydrogens (tertiary/aromatic N) is 2. The fourth-order valence-corrected chi connectivity index (χ4v) is 6.05. The number of nitrogens with one attached hydrogen (secondary N) is 1. The molecule has 6 rings (SSSR count). The molecule has 0 spiro atoms. The van der Waals surface area contributed by atoms with Crippen molar-refractivity contribution in [1.82, 2.24) is 9.88 Å². The normalized spacial score (nSPS) is 21.5. The fraction of sp³-hybridized carbons (Fsp3) is 0.276. The van der Waals surface area contributed by atoms with E-state index in [1.807, 2.05) is 0 Å². The van der Waals surface area contributed by atoms with E-state index in [4.69, 9.17) is 0 Å². The number of anilines is 1. The third kappa shape index (κ3) is 2.67. The van der Waals surface area contributed by atoms with Gasteiger partial charge in [-0.05, 0) is 48.4 Å². The van der Waals surface area contributed by atoms with Crippen molar-refractivity contribution in [1.29, 1.82) is 0 Å². The molecule has 1 atom stereocenters. The molecule has 1 aromatic heterocycles. The summed E-state index contributed by atoms with van der Waals surface area (Å²) in [7, 11) is 0. The number of benzene rings is 3. The maximum atomic E-state index is 12.6. The van der Waals surface area contributed by atoms with Gasteiger partial charge in [-0.3, -0.25) is 4.79 Å². The molecule has 4 nitrogen and oxygen atoms in total. The highest BCUT2D eigenvalue weighted by atomic mass is 16.2. The zero-order chi connectivity index (χ0) is 22.8. The highest BCUT2D eigenvalue weighted by Crippen LogP contribution is 2.52. The van der Waals surface area contributed by atoms with Gasteiger partial charge < -0.3 is 14.8 Å². The summed E-state index contributed by atoms with van der Waals surface area (Å²) in [5.74, 6) is 0.109. The monoisotopic (exact) mass is 435 g/mol. The van der Waals surface area contributed by atoms with Crippen LogP contribution in [0.3, 0.4) is 0 Å². The average Bonchev–Trinajstić information content (AvgIpc) is 3.25. The van der Waals surface area contributed by atoms with Crippen LogP contribution in [0.2, 0.25) is 0 Å². The molecule has 4 aromatic rings. The van der Waals surface area contributed by atoms with Crippen molar-refractivity contribution < 1.29 is 4.79 Å². The Balaban J connectivity index is 1.49. The number of fused-ring (bicyclic) bond motifs is 6. The first-order valence-electron chi connectivity index (χ1n) is 11.8. The second kappa shape index (κ2) is 6.98. The van der Waals surface area contributed by atoms with Crippen LogP contribution in [0.1, 0.15) is 38.3 Å². The molecule has 0 unspecified atom stereocenters. The number of amides is 1. The SMILES string of the molecule is CCn1c2ccccc2c2cc(/C=C/[C@@]34NC(=O)CCN3c3ccccc3C4(C)C)ccc21. The number of aromatic nitrogens is 1. The Morgan fingerprint density at radius 2 is 1.73 bits per heavy atom. The lowest BCUT2D eigenvalue weighted by Crippen LogP contribution is -2.68. The lowest BCUT2D eigenvalue weighted by Gasteiger charge is -2.49. The van der Waals surface area contributed by atoms with Gasteiger partial charge in [-0.2, -0.15) is 0 Å². The summed E-state index contributed by atoms with van der Waals surface area (Å²) in [5.41, 5.74) is 5.31. The largest absolute Gasteiger partial charge is 0.344 e. The fourth-order valence-electron chi connectivity index (χ4n) is 6.05. The summed E-state index contributed by atoms with van der Waals surface area (Å²) in [6, 6.07) is 23.9. The highest BCUT2D eigenvalue weighted by molar-refractivity contribution is 6.08. The smallest absolute Gasteiger partial charge is 0.223 e. The number of hydrogen-bond acceptors (Lipinski definition) is 2. The predicted molar refractivity (Wildman–Crippen MR) is 136 cm³/mol. The van der Waals surface area contributed by atoms with Gasteiger partial charge in [-0.15, -0.1) is 0 Å². The van der Waals surface area contributed by atoms with Gasteiger partial charge in [0.1, 0.15) is 5.66 Å². The van der Waals surface area contributed by atoms with Crippen molar-refractivity contribution in [2.24, 2.45) is 0 Å². The molecule has 0 radical (unpaired) electrons. The number of aryl methyl sites for hydroxylation is 1. The Bertz CT molecular complexity index is 1440. The van der Waals surface area contributed by atoms with E-state index in [2.05, 4.69) is 114 Å². The first kappa shape index (κ1) is 20.1. The van der Waals surface area contributed by atoms with Crippen molar-refractivity contribution in [2.45, 2.75) is 44.8 Å². The van der Waals surface area contributed by atoms with Gasteiger partial charge in [-0.1, -0.05) is 62.4 Å². The number of para-hydroxylation sites is 2. The van der Waals surface area contributed by atoms with Gasteiger partial charge in [0.05, 0.1) is 0 Å². The Morgan fingerprint density at radius 3 is 2.58 bits per heavy atom. The predicted octanol–water partition coefficient (Wildman–Crippen LogP) is 5.84. The number of carbonyl (C=O) groups is 1. The van der Waals surface area contributed by atoms with E-state index in [1.165, 1.54) is 33.1 Å². The quantitative estimate of drug-likeness (QED) is 0.439. The summed E-state index contributed by atoms with van der Waals surface area (Å²) in [5, 5.41) is 5.93. The van der Waals surface area contributed by atoms with E-state index >= 15 is 0 Å². The Labute approximate surface area is 194 Å². The Morgan fingerprint density at radius 1 is 0.970 bits per heavy atom. The van der Waals surface area contributed by atoms with E-state index in [-0.39, 0.29) is 11.3 Å². The minimum absolute atomic E-state index is 0.109. The minimum Gasteiger partial charge on any atom is -0.344 e. The lowest BCUT2D eigenvalue weighted by atomic mass is 9.74. The van der Waals surface area contributed by atoms with Crippen LogP contribution in [0, 0.1) is 0 Å². The zero-order valence-corrected chi connectivity index (χ0v) is 19.4. The molecule has 1 N–H and O–H groups in total. The second-order valence-corrected chi connectivity index (χ2v) is 9.73. The molecule has 2 aliphatic heterocycles. The summed E-state index contributed by atoms with van der Waals surface area (Å²) in [6.45, 7) is 8.33. The molecule has 1 fully saturated rings. The van der Waals surface area contributed by atoms with Crippen LogP contribution in [-0.2, 0) is 16.8 Å². The molecular weight excluding hydrogens is 406 g/mol. The van der Waals surface area contributed by atoms with Crippen LogP contribution in [0.5, 0.6) is 0 Å². The number of rotatable bonds is 3. The minimum atomic E-state index is -0.585. The molecule has 1 amide bonds. The molecule has 0 saturated carbocycles. The van der Waals surface area contributed by atoms with Crippen LogP contribution < -0.4 is 10.2 Å². The van der Waals surface area contributed by atoms with Crippen molar-refractivity contribution in [3.63, 3.8) is 0 Å². The van der Waals surface area contributed by atoms with Gasteiger partial charge in [0.15, 0.2) is 0 Å². The third-order valence-corrected chi connectivity index (χ3v) is 7.77.